The number of nitrogens with zero attached hydrogens (tertiary/aromatic N) is 1. The van der Waals surface area contributed by atoms with E-state index in [2.05, 4.69) is 5.32 Å². The Bertz CT molecular complexity index is 1480. The molecular weight excluding hydrogens is 543 g/mol. The van der Waals surface area contributed by atoms with Crippen LogP contribution in [0.1, 0.15) is 0 Å². The lowest BCUT2D eigenvalue weighted by atomic mass is 10.2. The minimum absolute atomic E-state index is 0.00954. The van der Waals surface area contributed by atoms with Crippen LogP contribution in [-0.4, -0.2) is 20.9 Å². The number of halogens is 3. The predicted octanol–water partition coefficient (Wildman–Crippen LogP) is 7.27. The third kappa shape index (κ3) is 6.12. The number of rotatable bonds is 8. The molecule has 0 atom stereocenters. The van der Waals surface area contributed by atoms with Crippen molar-refractivity contribution in [3.8, 4) is 11.5 Å². The molecule has 0 unspecified atom stereocenters. The smallest absolute Gasteiger partial charge is 0.264 e. The molecule has 6 nitrogen and oxygen atoms in total. The fraction of sp³-hybridized carbons (Fsp3) is 0.0385. The number of para-hydroxylation sites is 1. The van der Waals surface area contributed by atoms with Crippen molar-refractivity contribution in [2.45, 2.75) is 4.90 Å². The van der Waals surface area contributed by atoms with Gasteiger partial charge in [0.2, 0.25) is 5.91 Å². The Kier molecular flexibility index (Phi) is 8.06. The van der Waals surface area contributed by atoms with Crippen molar-refractivity contribution in [3.63, 3.8) is 0 Å². The number of benzene rings is 4. The Hall–Kier alpha value is -3.23. The van der Waals surface area contributed by atoms with Gasteiger partial charge in [0.15, 0.2) is 5.75 Å². The lowest BCUT2D eigenvalue weighted by Crippen LogP contribution is -2.38. The third-order valence-corrected chi connectivity index (χ3v) is 7.55. The van der Waals surface area contributed by atoms with Gasteiger partial charge in [-0.3, -0.25) is 9.10 Å². The summed E-state index contributed by atoms with van der Waals surface area (Å²) in [4.78, 5) is 13.2. The van der Waals surface area contributed by atoms with Gasteiger partial charge in [-0.25, -0.2) is 8.42 Å². The van der Waals surface area contributed by atoms with Gasteiger partial charge in [-0.1, -0.05) is 71.2 Å². The van der Waals surface area contributed by atoms with E-state index in [-0.39, 0.29) is 26.3 Å². The topological polar surface area (TPSA) is 75.7 Å². The van der Waals surface area contributed by atoms with Crippen LogP contribution >= 0.6 is 34.8 Å². The molecule has 0 aromatic heterocycles. The molecule has 36 heavy (non-hydrogen) atoms. The average molecular weight is 562 g/mol. The quantitative estimate of drug-likeness (QED) is 0.245. The number of carbonyl (C=O) groups excluding carboxylic acids is 1. The van der Waals surface area contributed by atoms with E-state index in [1.54, 1.807) is 42.5 Å². The normalized spacial score (nSPS) is 11.1. The first-order valence-electron chi connectivity index (χ1n) is 10.6. The highest BCUT2D eigenvalue weighted by molar-refractivity contribution is 7.92. The van der Waals surface area contributed by atoms with Crippen molar-refractivity contribution in [2.24, 2.45) is 0 Å². The highest BCUT2D eigenvalue weighted by Crippen LogP contribution is 2.34. The van der Waals surface area contributed by atoms with Crippen molar-refractivity contribution in [2.75, 3.05) is 16.2 Å². The molecule has 0 saturated heterocycles. The molecule has 0 aliphatic carbocycles. The minimum atomic E-state index is -4.18. The monoisotopic (exact) mass is 560 g/mol. The maximum atomic E-state index is 13.5. The first kappa shape index (κ1) is 25.9. The molecule has 4 aromatic rings. The van der Waals surface area contributed by atoms with Crippen LogP contribution in [0.5, 0.6) is 11.5 Å². The van der Waals surface area contributed by atoms with Crippen LogP contribution < -0.4 is 14.4 Å². The highest BCUT2D eigenvalue weighted by Gasteiger charge is 2.29. The second-order valence-corrected chi connectivity index (χ2v) is 10.7. The van der Waals surface area contributed by atoms with E-state index in [0.29, 0.717) is 16.5 Å². The van der Waals surface area contributed by atoms with E-state index in [4.69, 9.17) is 39.5 Å². The van der Waals surface area contributed by atoms with E-state index in [9.17, 15) is 13.2 Å². The Morgan fingerprint density at radius 3 is 2.11 bits per heavy atom. The standard InChI is InChI=1S/C26H19Cl3N2O4S/c27-18-12-14-25(35-20-7-3-1-4-8-20)23(15-18)30-26(32)17-31(24-16-19(28)11-13-22(24)29)36(33,34)21-9-5-2-6-10-21/h1-16H,17H2,(H,30,32). The number of anilines is 2. The molecule has 1 amide bonds. The van der Waals surface area contributed by atoms with Gasteiger partial charge in [0.25, 0.3) is 10.0 Å². The van der Waals surface area contributed by atoms with Crippen LogP contribution in [-0.2, 0) is 14.8 Å². The summed E-state index contributed by atoms with van der Waals surface area (Å²) in [5, 5.41) is 3.43. The molecule has 0 fully saturated rings. The zero-order valence-corrected chi connectivity index (χ0v) is 21.7. The first-order valence-corrected chi connectivity index (χ1v) is 13.2. The van der Waals surface area contributed by atoms with Crippen molar-refractivity contribution in [3.05, 3.63) is 112 Å². The molecule has 0 aliphatic heterocycles. The van der Waals surface area contributed by atoms with Crippen molar-refractivity contribution < 1.29 is 17.9 Å². The van der Waals surface area contributed by atoms with Crippen LogP contribution in [0.25, 0.3) is 0 Å². The Morgan fingerprint density at radius 2 is 1.42 bits per heavy atom. The Morgan fingerprint density at radius 1 is 0.806 bits per heavy atom. The highest BCUT2D eigenvalue weighted by atomic mass is 35.5. The zero-order chi connectivity index (χ0) is 25.7. The number of hydrogen-bond donors (Lipinski definition) is 1. The summed E-state index contributed by atoms with van der Waals surface area (Å²) < 4.78 is 33.9. The molecule has 10 heteroatoms. The molecule has 0 bridgehead atoms. The van der Waals surface area contributed by atoms with Gasteiger partial charge in [0, 0.05) is 10.0 Å². The molecule has 0 spiro atoms. The van der Waals surface area contributed by atoms with Crippen LogP contribution in [0.2, 0.25) is 15.1 Å². The van der Waals surface area contributed by atoms with E-state index in [0.717, 1.165) is 4.31 Å². The molecule has 4 rings (SSSR count). The number of carbonyl (C=O) groups is 1. The van der Waals surface area contributed by atoms with E-state index in [1.807, 2.05) is 18.2 Å². The van der Waals surface area contributed by atoms with Gasteiger partial charge in [0.1, 0.15) is 12.3 Å². The van der Waals surface area contributed by atoms with Crippen LogP contribution in [0.3, 0.4) is 0 Å². The molecule has 184 valence electrons. The van der Waals surface area contributed by atoms with Crippen LogP contribution in [0.15, 0.2) is 102 Å². The molecule has 0 heterocycles. The predicted molar refractivity (Wildman–Crippen MR) is 144 cm³/mol. The maximum Gasteiger partial charge on any atom is 0.264 e. The lowest BCUT2D eigenvalue weighted by molar-refractivity contribution is -0.114. The van der Waals surface area contributed by atoms with Gasteiger partial charge in [-0.15, -0.1) is 0 Å². The van der Waals surface area contributed by atoms with Crippen LogP contribution in [0.4, 0.5) is 11.4 Å². The van der Waals surface area contributed by atoms with Crippen molar-refractivity contribution in [1.29, 1.82) is 0 Å². The summed E-state index contributed by atoms with van der Waals surface area (Å²) in [6.45, 7) is -0.589. The van der Waals surface area contributed by atoms with Gasteiger partial charge in [0.05, 0.1) is 21.3 Å². The van der Waals surface area contributed by atoms with E-state index in [1.165, 1.54) is 36.4 Å². The van der Waals surface area contributed by atoms with Gasteiger partial charge in [-0.2, -0.15) is 0 Å². The Labute approximate surface area is 224 Å². The summed E-state index contributed by atoms with van der Waals surface area (Å²) in [6, 6.07) is 25.8. The number of hydrogen-bond acceptors (Lipinski definition) is 4. The number of sulfonamides is 1. The van der Waals surface area contributed by atoms with Crippen molar-refractivity contribution in [1.82, 2.24) is 0 Å². The second kappa shape index (κ2) is 11.2. The number of amides is 1. The molecule has 0 aliphatic rings. The largest absolute Gasteiger partial charge is 0.455 e. The van der Waals surface area contributed by atoms with Crippen LogP contribution in [0, 0.1) is 0 Å². The second-order valence-electron chi connectivity index (χ2n) is 7.52. The number of ether oxygens (including phenoxy) is 1. The first-order chi connectivity index (χ1) is 17.2. The fourth-order valence-electron chi connectivity index (χ4n) is 3.32. The maximum absolute atomic E-state index is 13.5. The average Bonchev–Trinajstić information content (AvgIpc) is 2.87. The van der Waals surface area contributed by atoms with E-state index >= 15 is 0 Å². The Balaban J connectivity index is 1.67. The van der Waals surface area contributed by atoms with Gasteiger partial charge < -0.3 is 10.1 Å². The molecule has 1 N–H and O–H groups in total. The summed E-state index contributed by atoms with van der Waals surface area (Å²) in [6.07, 6.45) is 0. The lowest BCUT2D eigenvalue weighted by Gasteiger charge is -2.25. The fourth-order valence-corrected chi connectivity index (χ4v) is 5.38. The molecular formula is C26H19Cl3N2O4S. The zero-order valence-electron chi connectivity index (χ0n) is 18.6. The molecule has 0 saturated carbocycles. The minimum Gasteiger partial charge on any atom is -0.455 e. The van der Waals surface area contributed by atoms with Gasteiger partial charge >= 0.3 is 0 Å². The molecule has 4 aromatic carbocycles. The summed E-state index contributed by atoms with van der Waals surface area (Å²) in [5.74, 6) is 0.234. The van der Waals surface area contributed by atoms with Gasteiger partial charge in [-0.05, 0) is 60.7 Å². The van der Waals surface area contributed by atoms with E-state index < -0.39 is 22.5 Å². The molecule has 0 radical (unpaired) electrons. The summed E-state index contributed by atoms with van der Waals surface area (Å²) in [7, 11) is -4.18. The summed E-state index contributed by atoms with van der Waals surface area (Å²) in [5.41, 5.74) is 0.334. The number of nitrogens with one attached hydrogen (secondary N) is 1. The SMILES string of the molecule is O=C(CN(c1cc(Cl)ccc1Cl)S(=O)(=O)c1ccccc1)Nc1cc(Cl)ccc1Oc1ccccc1. The summed E-state index contributed by atoms with van der Waals surface area (Å²) >= 11 is 18.6. The third-order valence-electron chi connectivity index (χ3n) is 4.98. The van der Waals surface area contributed by atoms with Crippen molar-refractivity contribution >= 4 is 62.1 Å².